The minimum Gasteiger partial charge on any atom is -0.387 e. The van der Waals surface area contributed by atoms with E-state index in [1.165, 1.54) is 0 Å². The summed E-state index contributed by atoms with van der Waals surface area (Å²) >= 11 is 0. The largest absolute Gasteiger partial charge is 0.387 e. The Kier molecular flexibility index (Phi) is 3.06. The average Bonchev–Trinajstić information content (AvgIpc) is 2.35. The Labute approximate surface area is 78.2 Å². The fourth-order valence-electron chi connectivity index (χ4n) is 1.27. The molecule has 1 rings (SSSR count). The third kappa shape index (κ3) is 2.82. The molecule has 0 radical (unpaired) electrons. The van der Waals surface area contributed by atoms with Gasteiger partial charge in [0.05, 0.1) is 12.2 Å². The summed E-state index contributed by atoms with van der Waals surface area (Å²) in [5.41, 5.74) is -0.839. The lowest BCUT2D eigenvalue weighted by Crippen LogP contribution is -2.33. The van der Waals surface area contributed by atoms with E-state index in [0.29, 0.717) is 13.0 Å². The van der Waals surface area contributed by atoms with Crippen LogP contribution in [0.4, 0.5) is 0 Å². The number of nitrogens with zero attached hydrogens (tertiary/aromatic N) is 2. The highest BCUT2D eigenvalue weighted by molar-refractivity contribution is 4.96. The van der Waals surface area contributed by atoms with Crippen LogP contribution >= 0.6 is 0 Å². The average molecular weight is 184 g/mol. The molecule has 1 unspecified atom stereocenters. The van der Waals surface area contributed by atoms with Gasteiger partial charge in [-0.05, 0) is 6.92 Å². The van der Waals surface area contributed by atoms with E-state index in [0.717, 1.165) is 5.82 Å². The van der Waals surface area contributed by atoms with Gasteiger partial charge < -0.3 is 14.4 Å². The fraction of sp³-hybridized carbons (Fsp3) is 0.667. The summed E-state index contributed by atoms with van der Waals surface area (Å²) in [4.78, 5) is 4.13. The maximum absolute atomic E-state index is 9.83. The molecule has 0 fully saturated rings. The molecule has 4 nitrogen and oxygen atoms in total. The number of hydrogen-bond donors (Lipinski definition) is 1. The van der Waals surface area contributed by atoms with Crippen LogP contribution in [0.25, 0.3) is 0 Å². The van der Waals surface area contributed by atoms with Crippen LogP contribution in [0.3, 0.4) is 0 Å². The second-order valence-corrected chi connectivity index (χ2v) is 3.56. The highest BCUT2D eigenvalue weighted by Crippen LogP contribution is 2.11. The first-order valence-corrected chi connectivity index (χ1v) is 4.23. The summed E-state index contributed by atoms with van der Waals surface area (Å²) in [5, 5.41) is 9.83. The molecule has 0 bridgehead atoms. The zero-order valence-electron chi connectivity index (χ0n) is 8.32. The zero-order chi connectivity index (χ0) is 9.90. The first kappa shape index (κ1) is 10.2. The molecule has 1 aromatic heterocycles. The molecular formula is C9H16N2O2. The number of aromatic nitrogens is 2. The van der Waals surface area contributed by atoms with Crippen molar-refractivity contribution in [1.29, 1.82) is 0 Å². The lowest BCUT2D eigenvalue weighted by Gasteiger charge is -2.21. The standard InChI is InChI=1S/C9H16N2O2/c1-9(12,7-13-3)6-8-10-4-5-11(8)2/h4-5,12H,6-7H2,1-3H3. The Balaban J connectivity index is 2.63. The van der Waals surface area contributed by atoms with Gasteiger partial charge >= 0.3 is 0 Å². The van der Waals surface area contributed by atoms with Crippen molar-refractivity contribution in [2.45, 2.75) is 18.9 Å². The molecule has 0 aliphatic heterocycles. The summed E-state index contributed by atoms with van der Waals surface area (Å²) in [6, 6.07) is 0. The van der Waals surface area contributed by atoms with Crippen LogP contribution in [0.15, 0.2) is 12.4 Å². The fourth-order valence-corrected chi connectivity index (χ4v) is 1.27. The van der Waals surface area contributed by atoms with Crippen molar-refractivity contribution in [3.05, 3.63) is 18.2 Å². The normalized spacial score (nSPS) is 15.7. The molecule has 1 atom stereocenters. The number of ether oxygens (including phenoxy) is 1. The predicted molar refractivity (Wildman–Crippen MR) is 49.4 cm³/mol. The van der Waals surface area contributed by atoms with Gasteiger partial charge in [0.15, 0.2) is 0 Å². The summed E-state index contributed by atoms with van der Waals surface area (Å²) in [6.07, 6.45) is 4.08. The maximum atomic E-state index is 9.83. The third-order valence-corrected chi connectivity index (χ3v) is 1.92. The molecule has 1 N–H and O–H groups in total. The smallest absolute Gasteiger partial charge is 0.111 e. The molecule has 0 aromatic carbocycles. The molecule has 0 amide bonds. The Morgan fingerprint density at radius 2 is 2.38 bits per heavy atom. The van der Waals surface area contributed by atoms with Gasteiger partial charge in [0, 0.05) is 33.0 Å². The SMILES string of the molecule is COCC(C)(O)Cc1nccn1C. The van der Waals surface area contributed by atoms with Crippen LogP contribution in [0.1, 0.15) is 12.7 Å². The summed E-state index contributed by atoms with van der Waals surface area (Å²) < 4.78 is 6.80. The van der Waals surface area contributed by atoms with Crippen molar-refractivity contribution in [1.82, 2.24) is 9.55 Å². The number of aliphatic hydroxyl groups is 1. The van der Waals surface area contributed by atoms with Gasteiger partial charge in [-0.15, -0.1) is 0 Å². The number of methoxy groups -OCH3 is 1. The van der Waals surface area contributed by atoms with Crippen LogP contribution in [0, 0.1) is 0 Å². The number of aryl methyl sites for hydroxylation is 1. The maximum Gasteiger partial charge on any atom is 0.111 e. The molecule has 0 aliphatic carbocycles. The Morgan fingerprint density at radius 1 is 1.69 bits per heavy atom. The van der Waals surface area contributed by atoms with E-state index >= 15 is 0 Å². The van der Waals surface area contributed by atoms with E-state index in [2.05, 4.69) is 4.98 Å². The minimum absolute atomic E-state index is 0.319. The molecule has 4 heteroatoms. The molecule has 13 heavy (non-hydrogen) atoms. The van der Waals surface area contributed by atoms with E-state index in [1.807, 2.05) is 17.8 Å². The highest BCUT2D eigenvalue weighted by Gasteiger charge is 2.22. The topological polar surface area (TPSA) is 47.3 Å². The monoisotopic (exact) mass is 184 g/mol. The molecular weight excluding hydrogens is 168 g/mol. The van der Waals surface area contributed by atoms with Crippen molar-refractivity contribution in [3.8, 4) is 0 Å². The molecule has 0 aliphatic rings. The summed E-state index contributed by atoms with van der Waals surface area (Å²) in [6.45, 7) is 2.06. The van der Waals surface area contributed by atoms with Crippen molar-refractivity contribution in [2.75, 3.05) is 13.7 Å². The van der Waals surface area contributed by atoms with Crippen LogP contribution in [0.5, 0.6) is 0 Å². The van der Waals surface area contributed by atoms with E-state index < -0.39 is 5.60 Å². The van der Waals surface area contributed by atoms with Gasteiger partial charge in [-0.3, -0.25) is 0 Å². The van der Waals surface area contributed by atoms with Gasteiger partial charge in [-0.2, -0.15) is 0 Å². The molecule has 0 saturated heterocycles. The Morgan fingerprint density at radius 3 is 2.85 bits per heavy atom. The van der Waals surface area contributed by atoms with Crippen molar-refractivity contribution in [3.63, 3.8) is 0 Å². The van der Waals surface area contributed by atoms with Gasteiger partial charge in [-0.25, -0.2) is 4.98 Å². The minimum atomic E-state index is -0.839. The molecule has 0 saturated carbocycles. The second kappa shape index (κ2) is 3.89. The highest BCUT2D eigenvalue weighted by atomic mass is 16.5. The van der Waals surface area contributed by atoms with Gasteiger partial charge in [-0.1, -0.05) is 0 Å². The van der Waals surface area contributed by atoms with Crippen molar-refractivity contribution in [2.24, 2.45) is 7.05 Å². The van der Waals surface area contributed by atoms with Crippen LogP contribution in [0.2, 0.25) is 0 Å². The van der Waals surface area contributed by atoms with Crippen molar-refractivity contribution >= 4 is 0 Å². The lowest BCUT2D eigenvalue weighted by atomic mass is 10.0. The second-order valence-electron chi connectivity index (χ2n) is 3.56. The summed E-state index contributed by atoms with van der Waals surface area (Å²) in [5.74, 6) is 0.863. The molecule has 0 spiro atoms. The van der Waals surface area contributed by atoms with Gasteiger partial charge in [0.2, 0.25) is 0 Å². The first-order chi connectivity index (χ1) is 6.05. The van der Waals surface area contributed by atoms with E-state index in [4.69, 9.17) is 4.74 Å². The summed E-state index contributed by atoms with van der Waals surface area (Å²) in [7, 11) is 3.48. The van der Waals surface area contributed by atoms with E-state index in [1.54, 1.807) is 20.2 Å². The molecule has 1 aromatic rings. The Bertz CT molecular complexity index is 268. The quantitative estimate of drug-likeness (QED) is 0.735. The first-order valence-electron chi connectivity index (χ1n) is 4.23. The van der Waals surface area contributed by atoms with Gasteiger partial charge in [0.1, 0.15) is 5.82 Å². The van der Waals surface area contributed by atoms with Crippen LogP contribution in [-0.2, 0) is 18.2 Å². The molecule has 74 valence electrons. The third-order valence-electron chi connectivity index (χ3n) is 1.92. The lowest BCUT2D eigenvalue weighted by molar-refractivity contribution is -0.0178. The number of imidazole rings is 1. The van der Waals surface area contributed by atoms with E-state index in [9.17, 15) is 5.11 Å². The van der Waals surface area contributed by atoms with Crippen LogP contribution in [-0.4, -0.2) is 34.0 Å². The Hall–Kier alpha value is -0.870. The predicted octanol–water partition coefficient (Wildman–Crippen LogP) is 0.360. The van der Waals surface area contributed by atoms with E-state index in [-0.39, 0.29) is 0 Å². The molecule has 1 heterocycles. The van der Waals surface area contributed by atoms with Crippen LogP contribution < -0.4 is 0 Å². The number of hydrogen-bond acceptors (Lipinski definition) is 3. The van der Waals surface area contributed by atoms with Gasteiger partial charge in [0.25, 0.3) is 0 Å². The zero-order valence-corrected chi connectivity index (χ0v) is 8.32. The number of rotatable bonds is 4. The van der Waals surface area contributed by atoms with Crippen molar-refractivity contribution < 1.29 is 9.84 Å².